The number of piperidine rings is 1. The number of anilines is 1. The highest BCUT2D eigenvalue weighted by Crippen LogP contribution is 2.31. The molecule has 4 aromatic rings. The molecule has 1 aliphatic rings. The SMILES string of the molecule is C[C@@H]1CC(O)CCN1c1cc(-c2ncnn2C)nc2c(-c3ccn[nH]3)ncn12. The van der Waals surface area contributed by atoms with Gasteiger partial charge in [0.15, 0.2) is 11.5 Å². The topological polar surface area (TPSA) is 113 Å². The monoisotopic (exact) mass is 379 g/mol. The molecule has 0 spiro atoms. The molecule has 10 nitrogen and oxygen atoms in total. The van der Waals surface area contributed by atoms with E-state index in [9.17, 15) is 5.11 Å². The van der Waals surface area contributed by atoms with Gasteiger partial charge < -0.3 is 10.0 Å². The van der Waals surface area contributed by atoms with Crippen molar-refractivity contribution in [1.82, 2.24) is 39.3 Å². The lowest BCUT2D eigenvalue weighted by Gasteiger charge is -2.37. The summed E-state index contributed by atoms with van der Waals surface area (Å²) in [5.74, 6) is 1.66. The number of aromatic nitrogens is 8. The molecule has 2 atom stereocenters. The van der Waals surface area contributed by atoms with Crippen LogP contribution in [-0.4, -0.2) is 63.1 Å². The van der Waals surface area contributed by atoms with Crippen molar-refractivity contribution in [2.75, 3.05) is 11.4 Å². The lowest BCUT2D eigenvalue weighted by atomic mass is 10.0. The van der Waals surface area contributed by atoms with Crippen LogP contribution in [0.5, 0.6) is 0 Å². The van der Waals surface area contributed by atoms with Gasteiger partial charge in [-0.1, -0.05) is 0 Å². The van der Waals surface area contributed by atoms with Crippen molar-refractivity contribution in [2.45, 2.75) is 31.9 Å². The molecule has 1 fully saturated rings. The summed E-state index contributed by atoms with van der Waals surface area (Å²) in [6.07, 6.45) is 6.20. The summed E-state index contributed by atoms with van der Waals surface area (Å²) in [6.45, 7) is 2.89. The zero-order valence-corrected chi connectivity index (χ0v) is 15.7. The number of hydrogen-bond donors (Lipinski definition) is 2. The molecule has 2 N–H and O–H groups in total. The maximum absolute atomic E-state index is 10.0. The van der Waals surface area contributed by atoms with Gasteiger partial charge >= 0.3 is 0 Å². The number of fused-ring (bicyclic) bond motifs is 1. The highest BCUT2D eigenvalue weighted by Gasteiger charge is 2.27. The van der Waals surface area contributed by atoms with Crippen molar-refractivity contribution in [1.29, 1.82) is 0 Å². The summed E-state index contributed by atoms with van der Waals surface area (Å²) >= 11 is 0. The van der Waals surface area contributed by atoms with Gasteiger partial charge in [0.1, 0.15) is 29.9 Å². The Morgan fingerprint density at radius 1 is 1.29 bits per heavy atom. The number of aliphatic hydroxyl groups is 1. The summed E-state index contributed by atoms with van der Waals surface area (Å²) in [4.78, 5) is 16.1. The van der Waals surface area contributed by atoms with Crippen LogP contribution >= 0.6 is 0 Å². The average Bonchev–Trinajstić information content (AvgIpc) is 3.41. The van der Waals surface area contributed by atoms with Gasteiger partial charge in [-0.3, -0.25) is 9.50 Å². The van der Waals surface area contributed by atoms with E-state index >= 15 is 0 Å². The highest BCUT2D eigenvalue weighted by molar-refractivity contribution is 5.75. The third-order valence-corrected chi connectivity index (χ3v) is 5.32. The second kappa shape index (κ2) is 6.41. The third kappa shape index (κ3) is 2.64. The minimum absolute atomic E-state index is 0.194. The van der Waals surface area contributed by atoms with Gasteiger partial charge in [-0.25, -0.2) is 19.6 Å². The average molecular weight is 379 g/mol. The van der Waals surface area contributed by atoms with Crippen LogP contribution in [0.1, 0.15) is 19.8 Å². The van der Waals surface area contributed by atoms with Gasteiger partial charge in [0, 0.05) is 31.9 Å². The standard InChI is InChI=1S/C18H21N9O/c1-11-7-12(28)4-6-26(11)15-8-14(17-19-9-22-25(17)2)23-18-16(20-10-27(15)18)13-3-5-21-24-13/h3,5,8-12,28H,4,6-7H2,1-2H3,(H,21,24)/t11-,12?/m1/s1. The summed E-state index contributed by atoms with van der Waals surface area (Å²) in [5, 5.41) is 21.2. The Balaban J connectivity index is 1.73. The van der Waals surface area contributed by atoms with E-state index in [-0.39, 0.29) is 12.1 Å². The fraction of sp³-hybridized carbons (Fsp3) is 0.389. The van der Waals surface area contributed by atoms with Gasteiger partial charge in [0.2, 0.25) is 0 Å². The van der Waals surface area contributed by atoms with E-state index in [4.69, 9.17) is 4.98 Å². The largest absolute Gasteiger partial charge is 0.393 e. The van der Waals surface area contributed by atoms with Crippen molar-refractivity contribution in [2.24, 2.45) is 7.05 Å². The number of aryl methyl sites for hydroxylation is 1. The quantitative estimate of drug-likeness (QED) is 0.551. The van der Waals surface area contributed by atoms with Crippen LogP contribution in [0.25, 0.3) is 28.6 Å². The molecule has 0 amide bonds. The molecule has 0 aliphatic carbocycles. The van der Waals surface area contributed by atoms with Crippen molar-refractivity contribution >= 4 is 11.5 Å². The minimum atomic E-state index is -0.259. The van der Waals surface area contributed by atoms with Crippen molar-refractivity contribution in [3.8, 4) is 22.9 Å². The molecule has 4 aromatic heterocycles. The first-order valence-corrected chi connectivity index (χ1v) is 9.28. The van der Waals surface area contributed by atoms with E-state index in [0.29, 0.717) is 5.82 Å². The second-order valence-electron chi connectivity index (χ2n) is 7.18. The Morgan fingerprint density at radius 2 is 2.18 bits per heavy atom. The van der Waals surface area contributed by atoms with E-state index in [1.165, 1.54) is 6.33 Å². The molecule has 0 radical (unpaired) electrons. The number of H-pyrrole nitrogens is 1. The minimum Gasteiger partial charge on any atom is -0.393 e. The molecule has 0 saturated carbocycles. The molecule has 1 aliphatic heterocycles. The Hall–Kier alpha value is -3.27. The number of nitrogens with one attached hydrogen (secondary N) is 1. The Labute approximate surface area is 160 Å². The van der Waals surface area contributed by atoms with E-state index in [0.717, 1.165) is 47.9 Å². The Kier molecular flexibility index (Phi) is 3.86. The van der Waals surface area contributed by atoms with Gasteiger partial charge in [0.25, 0.3) is 0 Å². The number of aliphatic hydroxyl groups excluding tert-OH is 1. The maximum Gasteiger partial charge on any atom is 0.176 e. The third-order valence-electron chi connectivity index (χ3n) is 5.32. The Morgan fingerprint density at radius 3 is 2.89 bits per heavy atom. The van der Waals surface area contributed by atoms with Crippen LogP contribution in [0.15, 0.2) is 31.0 Å². The lowest BCUT2D eigenvalue weighted by molar-refractivity contribution is 0.131. The zero-order chi connectivity index (χ0) is 19.3. The molecular weight excluding hydrogens is 358 g/mol. The van der Waals surface area contributed by atoms with E-state index in [1.54, 1.807) is 17.2 Å². The van der Waals surface area contributed by atoms with Gasteiger partial charge in [-0.15, -0.1) is 0 Å². The van der Waals surface area contributed by atoms with Crippen molar-refractivity contribution in [3.05, 3.63) is 31.0 Å². The lowest BCUT2D eigenvalue weighted by Crippen LogP contribution is -2.43. The van der Waals surface area contributed by atoms with E-state index in [1.807, 2.05) is 23.6 Å². The van der Waals surface area contributed by atoms with Crippen molar-refractivity contribution in [3.63, 3.8) is 0 Å². The van der Waals surface area contributed by atoms with Crippen molar-refractivity contribution < 1.29 is 5.11 Å². The van der Waals surface area contributed by atoms with Crippen LogP contribution in [-0.2, 0) is 7.05 Å². The van der Waals surface area contributed by atoms with Gasteiger partial charge in [-0.2, -0.15) is 10.2 Å². The van der Waals surface area contributed by atoms with Gasteiger partial charge in [0.05, 0.1) is 11.8 Å². The second-order valence-corrected chi connectivity index (χ2v) is 7.18. The van der Waals surface area contributed by atoms with E-state index in [2.05, 4.69) is 37.1 Å². The zero-order valence-electron chi connectivity index (χ0n) is 15.7. The molecule has 10 heteroatoms. The first kappa shape index (κ1) is 16.9. The number of imidazole rings is 1. The molecule has 144 valence electrons. The molecule has 5 heterocycles. The summed E-state index contributed by atoms with van der Waals surface area (Å²) in [7, 11) is 1.85. The molecule has 28 heavy (non-hydrogen) atoms. The molecule has 1 unspecified atom stereocenters. The molecule has 1 saturated heterocycles. The molecular formula is C18H21N9O. The van der Waals surface area contributed by atoms with E-state index < -0.39 is 0 Å². The van der Waals surface area contributed by atoms with Crippen LogP contribution in [0, 0.1) is 0 Å². The van der Waals surface area contributed by atoms with Crippen LogP contribution in [0.3, 0.4) is 0 Å². The summed E-state index contributed by atoms with van der Waals surface area (Å²) in [5.41, 5.74) is 2.98. The molecule has 0 bridgehead atoms. The first-order chi connectivity index (χ1) is 13.6. The fourth-order valence-electron chi connectivity index (χ4n) is 3.88. The first-order valence-electron chi connectivity index (χ1n) is 9.28. The number of hydrogen-bond acceptors (Lipinski definition) is 7. The molecule has 5 rings (SSSR count). The van der Waals surface area contributed by atoms with Crippen LogP contribution in [0.2, 0.25) is 0 Å². The summed E-state index contributed by atoms with van der Waals surface area (Å²) in [6, 6.07) is 4.09. The molecule has 0 aromatic carbocycles. The normalized spacial score (nSPS) is 20.2. The van der Waals surface area contributed by atoms with Crippen LogP contribution in [0.4, 0.5) is 5.82 Å². The number of nitrogens with zero attached hydrogens (tertiary/aromatic N) is 8. The Bertz CT molecular complexity index is 1110. The summed E-state index contributed by atoms with van der Waals surface area (Å²) < 4.78 is 3.70. The predicted molar refractivity (Wildman–Crippen MR) is 103 cm³/mol. The predicted octanol–water partition coefficient (Wildman–Crippen LogP) is 1.26. The number of aromatic amines is 1. The number of rotatable bonds is 3. The fourth-order valence-corrected chi connectivity index (χ4v) is 3.88. The smallest absolute Gasteiger partial charge is 0.176 e. The van der Waals surface area contributed by atoms with Crippen LogP contribution < -0.4 is 4.90 Å². The maximum atomic E-state index is 10.0. The highest BCUT2D eigenvalue weighted by atomic mass is 16.3. The van der Waals surface area contributed by atoms with Gasteiger partial charge in [-0.05, 0) is 25.8 Å².